The van der Waals surface area contributed by atoms with E-state index >= 15 is 0 Å². The largest absolute Gasteiger partial charge is 0.399 e. The normalized spacial score (nSPS) is 10.4. The highest BCUT2D eigenvalue weighted by Crippen LogP contribution is 2.35. The summed E-state index contributed by atoms with van der Waals surface area (Å²) in [6.45, 7) is 0. The molecule has 3 aromatic rings. The first-order chi connectivity index (χ1) is 9.83. The first-order valence-corrected chi connectivity index (χ1v) is 7.32. The SMILES string of the molecule is Nc1ccc(-c2ccccc2Sc2ccccc2)cc1. The number of anilines is 1. The van der Waals surface area contributed by atoms with E-state index < -0.39 is 0 Å². The Morgan fingerprint density at radius 3 is 2.05 bits per heavy atom. The first-order valence-electron chi connectivity index (χ1n) is 6.51. The molecule has 0 aromatic heterocycles. The second-order valence-corrected chi connectivity index (χ2v) is 5.65. The third-order valence-corrected chi connectivity index (χ3v) is 4.16. The first kappa shape index (κ1) is 12.8. The topological polar surface area (TPSA) is 26.0 Å². The molecule has 0 heterocycles. The molecule has 0 aliphatic carbocycles. The van der Waals surface area contributed by atoms with Gasteiger partial charge < -0.3 is 5.73 Å². The van der Waals surface area contributed by atoms with Crippen LogP contribution >= 0.6 is 11.8 Å². The van der Waals surface area contributed by atoms with Crippen molar-refractivity contribution in [3.05, 3.63) is 78.9 Å². The van der Waals surface area contributed by atoms with Crippen molar-refractivity contribution in [3.63, 3.8) is 0 Å². The van der Waals surface area contributed by atoms with Crippen LogP contribution in [0.5, 0.6) is 0 Å². The highest BCUT2D eigenvalue weighted by molar-refractivity contribution is 7.99. The van der Waals surface area contributed by atoms with Crippen LogP contribution in [0, 0.1) is 0 Å². The van der Waals surface area contributed by atoms with E-state index in [0.717, 1.165) is 5.69 Å². The van der Waals surface area contributed by atoms with Crippen LogP contribution in [-0.4, -0.2) is 0 Å². The lowest BCUT2D eigenvalue weighted by Gasteiger charge is -2.09. The lowest BCUT2D eigenvalue weighted by atomic mass is 10.1. The predicted octanol–water partition coefficient (Wildman–Crippen LogP) is 5.09. The summed E-state index contributed by atoms with van der Waals surface area (Å²) in [6, 6.07) is 26.9. The molecule has 0 spiro atoms. The van der Waals surface area contributed by atoms with Crippen LogP contribution in [0.2, 0.25) is 0 Å². The number of nitrogens with two attached hydrogens (primary N) is 1. The molecule has 0 aliphatic heterocycles. The summed E-state index contributed by atoms with van der Waals surface area (Å²) in [5.41, 5.74) is 8.98. The average Bonchev–Trinajstić information content (AvgIpc) is 2.50. The second kappa shape index (κ2) is 5.85. The van der Waals surface area contributed by atoms with Crippen molar-refractivity contribution in [1.29, 1.82) is 0 Å². The van der Waals surface area contributed by atoms with E-state index in [-0.39, 0.29) is 0 Å². The van der Waals surface area contributed by atoms with Gasteiger partial charge in [0, 0.05) is 15.5 Å². The van der Waals surface area contributed by atoms with Crippen molar-refractivity contribution in [2.24, 2.45) is 0 Å². The number of nitrogen functional groups attached to an aromatic ring is 1. The fourth-order valence-electron chi connectivity index (χ4n) is 2.07. The van der Waals surface area contributed by atoms with Crippen molar-refractivity contribution >= 4 is 17.4 Å². The second-order valence-electron chi connectivity index (χ2n) is 4.53. The third kappa shape index (κ3) is 2.86. The monoisotopic (exact) mass is 277 g/mol. The highest BCUT2D eigenvalue weighted by Gasteiger charge is 2.05. The van der Waals surface area contributed by atoms with E-state index in [2.05, 4.69) is 60.7 Å². The molecule has 0 bridgehead atoms. The molecule has 20 heavy (non-hydrogen) atoms. The maximum atomic E-state index is 5.76. The molecule has 0 radical (unpaired) electrons. The van der Waals surface area contributed by atoms with Crippen molar-refractivity contribution in [1.82, 2.24) is 0 Å². The van der Waals surface area contributed by atoms with E-state index in [1.54, 1.807) is 11.8 Å². The Balaban J connectivity index is 1.98. The molecule has 0 saturated heterocycles. The van der Waals surface area contributed by atoms with Crippen molar-refractivity contribution < 1.29 is 0 Å². The Kier molecular flexibility index (Phi) is 3.75. The Hall–Kier alpha value is -2.19. The van der Waals surface area contributed by atoms with Crippen molar-refractivity contribution in [2.75, 3.05) is 5.73 Å². The van der Waals surface area contributed by atoms with Gasteiger partial charge in [-0.05, 0) is 41.5 Å². The molecular weight excluding hydrogens is 262 g/mol. The summed E-state index contributed by atoms with van der Waals surface area (Å²) in [7, 11) is 0. The molecule has 0 fully saturated rings. The standard InChI is InChI=1S/C18H15NS/c19-15-12-10-14(11-13-15)17-8-4-5-9-18(17)20-16-6-2-1-3-7-16/h1-13H,19H2. The van der Waals surface area contributed by atoms with Gasteiger partial charge in [0.25, 0.3) is 0 Å². The van der Waals surface area contributed by atoms with Crippen LogP contribution in [0.1, 0.15) is 0 Å². The van der Waals surface area contributed by atoms with Crippen LogP contribution in [0.3, 0.4) is 0 Å². The smallest absolute Gasteiger partial charge is 0.0314 e. The number of rotatable bonds is 3. The van der Waals surface area contributed by atoms with Gasteiger partial charge in [0.15, 0.2) is 0 Å². The van der Waals surface area contributed by atoms with Crippen LogP contribution in [0.4, 0.5) is 5.69 Å². The Morgan fingerprint density at radius 2 is 1.30 bits per heavy atom. The summed E-state index contributed by atoms with van der Waals surface area (Å²) in [6.07, 6.45) is 0. The lowest BCUT2D eigenvalue weighted by Crippen LogP contribution is -1.85. The van der Waals surface area contributed by atoms with E-state index in [0.29, 0.717) is 0 Å². The fraction of sp³-hybridized carbons (Fsp3) is 0. The summed E-state index contributed by atoms with van der Waals surface area (Å²) in [4.78, 5) is 2.50. The van der Waals surface area contributed by atoms with Crippen LogP contribution in [0.15, 0.2) is 88.7 Å². The summed E-state index contributed by atoms with van der Waals surface area (Å²) in [5.74, 6) is 0. The number of benzene rings is 3. The van der Waals surface area contributed by atoms with Gasteiger partial charge in [-0.15, -0.1) is 0 Å². The lowest BCUT2D eigenvalue weighted by molar-refractivity contribution is 1.40. The van der Waals surface area contributed by atoms with Gasteiger partial charge >= 0.3 is 0 Å². The Bertz CT molecular complexity index is 690. The number of hydrogen-bond donors (Lipinski definition) is 1. The zero-order valence-electron chi connectivity index (χ0n) is 11.0. The van der Waals surface area contributed by atoms with Gasteiger partial charge in [0.05, 0.1) is 0 Å². The zero-order valence-corrected chi connectivity index (χ0v) is 11.8. The van der Waals surface area contributed by atoms with E-state index in [1.165, 1.54) is 20.9 Å². The van der Waals surface area contributed by atoms with E-state index in [4.69, 9.17) is 5.73 Å². The fourth-order valence-corrected chi connectivity index (χ4v) is 3.06. The Labute approximate surface area is 123 Å². The van der Waals surface area contributed by atoms with Gasteiger partial charge in [-0.2, -0.15) is 0 Å². The summed E-state index contributed by atoms with van der Waals surface area (Å²) >= 11 is 1.78. The maximum Gasteiger partial charge on any atom is 0.0314 e. The summed E-state index contributed by atoms with van der Waals surface area (Å²) in [5, 5.41) is 0. The molecular formula is C18H15NS. The van der Waals surface area contributed by atoms with Gasteiger partial charge in [0.1, 0.15) is 0 Å². The maximum absolute atomic E-state index is 5.76. The molecule has 98 valence electrons. The molecule has 0 amide bonds. The molecule has 0 unspecified atom stereocenters. The average molecular weight is 277 g/mol. The van der Waals surface area contributed by atoms with E-state index in [1.807, 2.05) is 18.2 Å². The van der Waals surface area contributed by atoms with Crippen LogP contribution < -0.4 is 5.73 Å². The third-order valence-electron chi connectivity index (χ3n) is 3.08. The summed E-state index contributed by atoms with van der Waals surface area (Å²) < 4.78 is 0. The molecule has 2 N–H and O–H groups in total. The zero-order chi connectivity index (χ0) is 13.8. The van der Waals surface area contributed by atoms with Gasteiger partial charge in [-0.1, -0.05) is 60.3 Å². The minimum absolute atomic E-state index is 0.793. The molecule has 3 aromatic carbocycles. The molecule has 3 rings (SSSR count). The minimum Gasteiger partial charge on any atom is -0.399 e. The van der Waals surface area contributed by atoms with Crippen LogP contribution in [0.25, 0.3) is 11.1 Å². The minimum atomic E-state index is 0.793. The van der Waals surface area contributed by atoms with E-state index in [9.17, 15) is 0 Å². The molecule has 0 aliphatic rings. The quantitative estimate of drug-likeness (QED) is 0.675. The van der Waals surface area contributed by atoms with Crippen molar-refractivity contribution in [2.45, 2.75) is 9.79 Å². The van der Waals surface area contributed by atoms with Gasteiger partial charge in [-0.25, -0.2) is 0 Å². The van der Waals surface area contributed by atoms with Gasteiger partial charge in [0.2, 0.25) is 0 Å². The predicted molar refractivity (Wildman–Crippen MR) is 86.9 cm³/mol. The van der Waals surface area contributed by atoms with Crippen molar-refractivity contribution in [3.8, 4) is 11.1 Å². The van der Waals surface area contributed by atoms with Gasteiger partial charge in [-0.3, -0.25) is 0 Å². The molecule has 0 saturated carbocycles. The number of hydrogen-bond acceptors (Lipinski definition) is 2. The van der Waals surface area contributed by atoms with Crippen LogP contribution in [-0.2, 0) is 0 Å². The Morgan fingerprint density at radius 1 is 0.650 bits per heavy atom. The molecule has 2 heteroatoms. The highest BCUT2D eigenvalue weighted by atomic mass is 32.2. The molecule has 1 nitrogen and oxygen atoms in total. The molecule has 0 atom stereocenters.